The van der Waals surface area contributed by atoms with Gasteiger partial charge in [-0.05, 0) is 42.8 Å². The van der Waals surface area contributed by atoms with E-state index in [2.05, 4.69) is 9.88 Å². The highest BCUT2D eigenvalue weighted by Crippen LogP contribution is 2.28. The SMILES string of the molecule is O=C(C1CCC(=O)N1c1ccc(F)cc1)N1CCN(c2ccccn2)CC1. The van der Waals surface area contributed by atoms with Crippen molar-refractivity contribution in [3.05, 3.63) is 54.5 Å². The second-order valence-electron chi connectivity index (χ2n) is 6.79. The van der Waals surface area contributed by atoms with Gasteiger partial charge in [0.15, 0.2) is 0 Å². The van der Waals surface area contributed by atoms with Gasteiger partial charge in [-0.15, -0.1) is 0 Å². The Morgan fingerprint density at radius 2 is 1.78 bits per heavy atom. The lowest BCUT2D eigenvalue weighted by Gasteiger charge is -2.37. The second-order valence-corrected chi connectivity index (χ2v) is 6.79. The van der Waals surface area contributed by atoms with E-state index in [1.54, 1.807) is 18.3 Å². The topological polar surface area (TPSA) is 56.8 Å². The molecule has 2 aliphatic heterocycles. The molecule has 1 aromatic carbocycles. The standard InChI is InChI=1S/C20H21FN4O2/c21-15-4-6-16(7-5-15)25-17(8-9-19(25)26)20(27)24-13-11-23(12-14-24)18-3-1-2-10-22-18/h1-7,10,17H,8-9,11-14H2. The van der Waals surface area contributed by atoms with Crippen LogP contribution in [0.25, 0.3) is 0 Å². The van der Waals surface area contributed by atoms with E-state index in [4.69, 9.17) is 0 Å². The van der Waals surface area contributed by atoms with Gasteiger partial charge in [0.05, 0.1) is 0 Å². The van der Waals surface area contributed by atoms with Gasteiger partial charge in [-0.1, -0.05) is 6.07 Å². The number of rotatable bonds is 3. The number of halogens is 1. The van der Waals surface area contributed by atoms with Crippen molar-refractivity contribution >= 4 is 23.3 Å². The van der Waals surface area contributed by atoms with Crippen LogP contribution in [0, 0.1) is 5.82 Å². The first kappa shape index (κ1) is 17.5. The van der Waals surface area contributed by atoms with Crippen molar-refractivity contribution in [2.24, 2.45) is 0 Å². The van der Waals surface area contributed by atoms with Crippen LogP contribution in [0.1, 0.15) is 12.8 Å². The molecule has 140 valence electrons. The lowest BCUT2D eigenvalue weighted by molar-refractivity contribution is -0.133. The monoisotopic (exact) mass is 368 g/mol. The molecule has 0 spiro atoms. The molecule has 7 heteroatoms. The number of anilines is 2. The van der Waals surface area contributed by atoms with Gasteiger partial charge in [-0.3, -0.25) is 14.5 Å². The van der Waals surface area contributed by atoms with Gasteiger partial charge in [0.2, 0.25) is 11.8 Å². The number of hydrogen-bond acceptors (Lipinski definition) is 4. The van der Waals surface area contributed by atoms with Gasteiger partial charge >= 0.3 is 0 Å². The van der Waals surface area contributed by atoms with E-state index >= 15 is 0 Å². The lowest BCUT2D eigenvalue weighted by atomic mass is 10.1. The minimum atomic E-state index is -0.510. The molecule has 27 heavy (non-hydrogen) atoms. The predicted octanol–water partition coefficient (Wildman–Crippen LogP) is 2.06. The molecule has 0 N–H and O–H groups in total. The predicted molar refractivity (Wildman–Crippen MR) is 99.9 cm³/mol. The fourth-order valence-corrected chi connectivity index (χ4v) is 3.75. The summed E-state index contributed by atoms with van der Waals surface area (Å²) in [4.78, 5) is 35.3. The Hall–Kier alpha value is -2.96. The number of amides is 2. The third-order valence-electron chi connectivity index (χ3n) is 5.17. The molecule has 6 nitrogen and oxygen atoms in total. The second kappa shape index (κ2) is 7.34. The van der Waals surface area contributed by atoms with Crippen LogP contribution >= 0.6 is 0 Å². The van der Waals surface area contributed by atoms with Crippen LogP contribution in [0.4, 0.5) is 15.9 Å². The first-order chi connectivity index (χ1) is 13.1. The van der Waals surface area contributed by atoms with Crippen LogP contribution in [-0.4, -0.2) is 53.9 Å². The highest BCUT2D eigenvalue weighted by Gasteiger charge is 2.39. The van der Waals surface area contributed by atoms with E-state index in [1.165, 1.54) is 17.0 Å². The van der Waals surface area contributed by atoms with E-state index in [-0.39, 0.29) is 17.6 Å². The molecular formula is C20H21FN4O2. The summed E-state index contributed by atoms with van der Waals surface area (Å²) in [6, 6.07) is 11.0. The minimum Gasteiger partial charge on any atom is -0.353 e. The number of carbonyl (C=O) groups excluding carboxylic acids is 2. The van der Waals surface area contributed by atoms with E-state index in [0.717, 1.165) is 5.82 Å². The molecular weight excluding hydrogens is 347 g/mol. The van der Waals surface area contributed by atoms with Gasteiger partial charge in [0, 0.05) is 44.5 Å². The number of carbonyl (C=O) groups is 2. The van der Waals surface area contributed by atoms with Gasteiger partial charge in [0.1, 0.15) is 17.7 Å². The normalized spacial score (nSPS) is 20.3. The summed E-state index contributed by atoms with van der Waals surface area (Å²) in [5.74, 6) is 0.422. The molecule has 2 saturated heterocycles. The third-order valence-corrected chi connectivity index (χ3v) is 5.17. The average Bonchev–Trinajstić information content (AvgIpc) is 3.10. The van der Waals surface area contributed by atoms with E-state index < -0.39 is 6.04 Å². The molecule has 1 unspecified atom stereocenters. The van der Waals surface area contributed by atoms with E-state index in [9.17, 15) is 14.0 Å². The average molecular weight is 368 g/mol. The van der Waals surface area contributed by atoms with Crippen molar-refractivity contribution < 1.29 is 14.0 Å². The summed E-state index contributed by atoms with van der Waals surface area (Å²) >= 11 is 0. The van der Waals surface area contributed by atoms with Crippen molar-refractivity contribution in [2.45, 2.75) is 18.9 Å². The largest absolute Gasteiger partial charge is 0.353 e. The Labute approximate surface area is 157 Å². The van der Waals surface area contributed by atoms with Gasteiger partial charge in [0.25, 0.3) is 0 Å². The van der Waals surface area contributed by atoms with Gasteiger partial charge in [-0.25, -0.2) is 9.37 Å². The molecule has 2 amide bonds. The fraction of sp³-hybridized carbons (Fsp3) is 0.350. The maximum atomic E-state index is 13.2. The molecule has 3 heterocycles. The van der Waals surface area contributed by atoms with Crippen LogP contribution in [-0.2, 0) is 9.59 Å². The Morgan fingerprint density at radius 3 is 2.44 bits per heavy atom. The number of aromatic nitrogens is 1. The third kappa shape index (κ3) is 3.49. The van der Waals surface area contributed by atoms with E-state index in [0.29, 0.717) is 44.7 Å². The van der Waals surface area contributed by atoms with Crippen molar-refractivity contribution in [1.29, 1.82) is 0 Å². The van der Waals surface area contributed by atoms with Gasteiger partial charge < -0.3 is 9.80 Å². The van der Waals surface area contributed by atoms with Crippen molar-refractivity contribution in [3.8, 4) is 0 Å². The quantitative estimate of drug-likeness (QED) is 0.832. The van der Waals surface area contributed by atoms with Crippen LogP contribution in [0.15, 0.2) is 48.7 Å². The zero-order chi connectivity index (χ0) is 18.8. The van der Waals surface area contributed by atoms with Crippen LogP contribution in [0.2, 0.25) is 0 Å². The summed E-state index contributed by atoms with van der Waals surface area (Å²) < 4.78 is 13.2. The van der Waals surface area contributed by atoms with Crippen LogP contribution < -0.4 is 9.80 Å². The first-order valence-corrected chi connectivity index (χ1v) is 9.16. The zero-order valence-electron chi connectivity index (χ0n) is 14.9. The summed E-state index contributed by atoms with van der Waals surface area (Å²) in [5, 5.41) is 0. The molecule has 0 bridgehead atoms. The summed E-state index contributed by atoms with van der Waals surface area (Å²) in [6.45, 7) is 2.61. The molecule has 1 aromatic heterocycles. The van der Waals surface area contributed by atoms with E-state index in [1.807, 2.05) is 23.1 Å². The minimum absolute atomic E-state index is 0.0363. The first-order valence-electron chi connectivity index (χ1n) is 9.16. The molecule has 2 fully saturated rings. The van der Waals surface area contributed by atoms with Crippen LogP contribution in [0.5, 0.6) is 0 Å². The molecule has 2 aromatic rings. The Balaban J connectivity index is 1.44. The number of benzene rings is 1. The zero-order valence-corrected chi connectivity index (χ0v) is 14.9. The molecule has 2 aliphatic rings. The highest BCUT2D eigenvalue weighted by atomic mass is 19.1. The lowest BCUT2D eigenvalue weighted by Crippen LogP contribution is -2.54. The summed E-state index contributed by atoms with van der Waals surface area (Å²) in [5.41, 5.74) is 0.573. The molecule has 1 atom stereocenters. The maximum Gasteiger partial charge on any atom is 0.245 e. The Kier molecular flexibility index (Phi) is 4.75. The number of nitrogens with zero attached hydrogens (tertiary/aromatic N) is 4. The number of pyridine rings is 1. The Bertz CT molecular complexity index is 820. The Morgan fingerprint density at radius 1 is 1.04 bits per heavy atom. The van der Waals surface area contributed by atoms with Crippen molar-refractivity contribution in [3.63, 3.8) is 0 Å². The highest BCUT2D eigenvalue weighted by molar-refractivity contribution is 6.03. The van der Waals surface area contributed by atoms with Crippen molar-refractivity contribution in [2.75, 3.05) is 36.0 Å². The van der Waals surface area contributed by atoms with Gasteiger partial charge in [-0.2, -0.15) is 0 Å². The molecule has 0 saturated carbocycles. The summed E-state index contributed by atoms with van der Waals surface area (Å²) in [6.07, 6.45) is 2.59. The maximum absolute atomic E-state index is 13.2. The fourth-order valence-electron chi connectivity index (χ4n) is 3.75. The molecule has 0 aliphatic carbocycles. The molecule has 4 rings (SSSR count). The molecule has 0 radical (unpaired) electrons. The number of hydrogen-bond donors (Lipinski definition) is 0. The smallest absolute Gasteiger partial charge is 0.245 e. The van der Waals surface area contributed by atoms with Crippen LogP contribution in [0.3, 0.4) is 0 Å². The number of piperazine rings is 1. The van der Waals surface area contributed by atoms with Crippen molar-refractivity contribution in [1.82, 2.24) is 9.88 Å². The summed E-state index contributed by atoms with van der Waals surface area (Å²) in [7, 11) is 0.